The van der Waals surface area contributed by atoms with E-state index in [0.717, 1.165) is 25.3 Å². The first kappa shape index (κ1) is 11.8. The van der Waals surface area contributed by atoms with Crippen LogP contribution in [-0.4, -0.2) is 33.3 Å². The zero-order valence-electron chi connectivity index (χ0n) is 9.98. The molecule has 3 heterocycles. The summed E-state index contributed by atoms with van der Waals surface area (Å²) < 4.78 is 0. The fourth-order valence-corrected chi connectivity index (χ4v) is 5.00. The maximum absolute atomic E-state index is 4.80. The van der Waals surface area contributed by atoms with Crippen molar-refractivity contribution in [1.29, 1.82) is 0 Å². The van der Waals surface area contributed by atoms with Gasteiger partial charge in [-0.05, 0) is 0 Å². The van der Waals surface area contributed by atoms with E-state index in [0.29, 0.717) is 10.5 Å². The van der Waals surface area contributed by atoms with Gasteiger partial charge in [-0.3, -0.25) is 0 Å². The van der Waals surface area contributed by atoms with Crippen molar-refractivity contribution in [1.82, 2.24) is 15.3 Å². The Morgan fingerprint density at radius 1 is 1.35 bits per heavy atom. The van der Waals surface area contributed by atoms with E-state index in [4.69, 9.17) is 4.98 Å². The summed E-state index contributed by atoms with van der Waals surface area (Å²) in [5.74, 6) is 3.54. The van der Waals surface area contributed by atoms with Crippen LogP contribution in [0.15, 0.2) is 6.20 Å². The van der Waals surface area contributed by atoms with Crippen LogP contribution < -0.4 is 5.32 Å². The molecule has 2 aliphatic rings. The van der Waals surface area contributed by atoms with Gasteiger partial charge >= 0.3 is 0 Å². The number of aromatic nitrogens is 2. The number of rotatable bonds is 1. The quantitative estimate of drug-likeness (QED) is 0.843. The van der Waals surface area contributed by atoms with Gasteiger partial charge in [0.1, 0.15) is 5.82 Å². The molecule has 1 fully saturated rings. The standard InChI is InChI=1S/C12H17N3S2/c1-8-11(17-5-4-16-8)12-14-7-9-6-13-3-2-10(9)15-12/h7-8,11,13H,2-6H2,1H3. The Morgan fingerprint density at radius 3 is 3.12 bits per heavy atom. The molecule has 2 unspecified atom stereocenters. The lowest BCUT2D eigenvalue weighted by Gasteiger charge is -2.27. The van der Waals surface area contributed by atoms with E-state index in [9.17, 15) is 0 Å². The lowest BCUT2D eigenvalue weighted by molar-refractivity contribution is 0.618. The van der Waals surface area contributed by atoms with Gasteiger partial charge in [-0.25, -0.2) is 9.97 Å². The molecule has 1 saturated heterocycles. The fourth-order valence-electron chi connectivity index (χ4n) is 2.31. The summed E-state index contributed by atoms with van der Waals surface area (Å²) in [5, 5.41) is 4.47. The molecule has 1 aromatic heterocycles. The van der Waals surface area contributed by atoms with Crippen LogP contribution in [0.3, 0.4) is 0 Å². The third-order valence-electron chi connectivity index (χ3n) is 3.27. The molecule has 0 bridgehead atoms. The second-order valence-electron chi connectivity index (χ2n) is 4.49. The number of nitrogens with one attached hydrogen (secondary N) is 1. The second-order valence-corrected chi connectivity index (χ2v) is 7.23. The smallest absolute Gasteiger partial charge is 0.142 e. The third-order valence-corrected chi connectivity index (χ3v) is 6.36. The number of hydrogen-bond donors (Lipinski definition) is 1. The molecule has 2 aliphatic heterocycles. The lowest BCUT2D eigenvalue weighted by atomic mass is 10.1. The maximum Gasteiger partial charge on any atom is 0.142 e. The second kappa shape index (κ2) is 5.16. The molecule has 2 atom stereocenters. The highest BCUT2D eigenvalue weighted by Gasteiger charge is 2.27. The molecule has 0 saturated carbocycles. The van der Waals surface area contributed by atoms with E-state index < -0.39 is 0 Å². The molecule has 0 spiro atoms. The molecule has 5 heteroatoms. The number of nitrogens with zero attached hydrogens (tertiary/aromatic N) is 2. The van der Waals surface area contributed by atoms with E-state index in [1.54, 1.807) is 0 Å². The van der Waals surface area contributed by atoms with E-state index in [-0.39, 0.29) is 0 Å². The van der Waals surface area contributed by atoms with Gasteiger partial charge in [-0.15, -0.1) is 11.8 Å². The predicted molar refractivity (Wildman–Crippen MR) is 74.6 cm³/mol. The molecule has 0 amide bonds. The van der Waals surface area contributed by atoms with E-state index in [1.165, 1.54) is 22.8 Å². The SMILES string of the molecule is CC1SCCSC1c1ncc2c(n1)CCNC2. The lowest BCUT2D eigenvalue weighted by Crippen LogP contribution is -2.26. The highest BCUT2D eigenvalue weighted by atomic mass is 32.2. The van der Waals surface area contributed by atoms with Crippen molar-refractivity contribution >= 4 is 23.5 Å². The van der Waals surface area contributed by atoms with E-state index in [1.807, 2.05) is 29.7 Å². The summed E-state index contributed by atoms with van der Waals surface area (Å²) in [6.07, 6.45) is 3.07. The van der Waals surface area contributed by atoms with Crippen LogP contribution in [0.4, 0.5) is 0 Å². The van der Waals surface area contributed by atoms with Crippen LogP contribution >= 0.6 is 23.5 Å². The minimum atomic E-state index is 0.480. The van der Waals surface area contributed by atoms with Crippen molar-refractivity contribution in [3.05, 3.63) is 23.3 Å². The van der Waals surface area contributed by atoms with Crippen molar-refractivity contribution < 1.29 is 0 Å². The molecule has 0 radical (unpaired) electrons. The van der Waals surface area contributed by atoms with Crippen LogP contribution in [0.25, 0.3) is 0 Å². The zero-order valence-corrected chi connectivity index (χ0v) is 11.6. The van der Waals surface area contributed by atoms with Gasteiger partial charge in [-0.2, -0.15) is 11.8 Å². The molecular formula is C12H17N3S2. The van der Waals surface area contributed by atoms with Crippen molar-refractivity contribution in [2.24, 2.45) is 0 Å². The summed E-state index contributed by atoms with van der Waals surface area (Å²) in [7, 11) is 0. The number of hydrogen-bond acceptors (Lipinski definition) is 5. The Labute approximate surface area is 111 Å². The highest BCUT2D eigenvalue weighted by molar-refractivity contribution is 8.06. The number of thioether (sulfide) groups is 2. The van der Waals surface area contributed by atoms with Crippen LogP contribution in [0, 0.1) is 0 Å². The highest BCUT2D eigenvalue weighted by Crippen LogP contribution is 2.41. The fraction of sp³-hybridized carbons (Fsp3) is 0.667. The van der Waals surface area contributed by atoms with Gasteiger partial charge in [0.05, 0.1) is 5.25 Å². The van der Waals surface area contributed by atoms with Crippen molar-refractivity contribution in [2.45, 2.75) is 30.4 Å². The van der Waals surface area contributed by atoms with Gasteiger partial charge in [-0.1, -0.05) is 6.92 Å². The topological polar surface area (TPSA) is 37.8 Å². The summed E-state index contributed by atoms with van der Waals surface area (Å²) in [6.45, 7) is 4.27. The molecular weight excluding hydrogens is 250 g/mol. The normalized spacial score (nSPS) is 28.8. The van der Waals surface area contributed by atoms with Crippen molar-refractivity contribution in [2.75, 3.05) is 18.1 Å². The Bertz CT molecular complexity index is 411. The number of fused-ring (bicyclic) bond motifs is 1. The zero-order chi connectivity index (χ0) is 11.7. The molecule has 17 heavy (non-hydrogen) atoms. The monoisotopic (exact) mass is 267 g/mol. The first-order valence-corrected chi connectivity index (χ1v) is 8.23. The molecule has 0 aliphatic carbocycles. The summed E-state index contributed by atoms with van der Waals surface area (Å²) in [6, 6.07) is 0. The average Bonchev–Trinajstić information content (AvgIpc) is 2.39. The summed E-state index contributed by atoms with van der Waals surface area (Å²) in [4.78, 5) is 9.38. The van der Waals surface area contributed by atoms with Crippen LogP contribution in [-0.2, 0) is 13.0 Å². The molecule has 3 rings (SSSR count). The average molecular weight is 267 g/mol. The molecule has 92 valence electrons. The first-order valence-electron chi connectivity index (χ1n) is 6.13. The van der Waals surface area contributed by atoms with Crippen LogP contribution in [0.1, 0.15) is 29.3 Å². The van der Waals surface area contributed by atoms with Crippen LogP contribution in [0.2, 0.25) is 0 Å². The minimum absolute atomic E-state index is 0.480. The van der Waals surface area contributed by atoms with E-state index >= 15 is 0 Å². The summed E-state index contributed by atoms with van der Waals surface area (Å²) in [5.41, 5.74) is 2.54. The molecule has 1 N–H and O–H groups in total. The van der Waals surface area contributed by atoms with Crippen molar-refractivity contribution in [3.8, 4) is 0 Å². The Morgan fingerprint density at radius 2 is 2.24 bits per heavy atom. The first-order chi connectivity index (χ1) is 8.34. The molecule has 1 aromatic rings. The van der Waals surface area contributed by atoms with Gasteiger partial charge in [0.15, 0.2) is 0 Å². The van der Waals surface area contributed by atoms with Gasteiger partial charge in [0, 0.05) is 53.7 Å². The Kier molecular flexibility index (Phi) is 3.59. The Balaban J connectivity index is 1.87. The summed E-state index contributed by atoms with van der Waals surface area (Å²) >= 11 is 4.06. The van der Waals surface area contributed by atoms with Crippen LogP contribution in [0.5, 0.6) is 0 Å². The van der Waals surface area contributed by atoms with Crippen molar-refractivity contribution in [3.63, 3.8) is 0 Å². The van der Waals surface area contributed by atoms with Gasteiger partial charge < -0.3 is 5.32 Å². The van der Waals surface area contributed by atoms with Gasteiger partial charge in [0.2, 0.25) is 0 Å². The van der Waals surface area contributed by atoms with E-state index in [2.05, 4.69) is 17.2 Å². The molecule has 0 aromatic carbocycles. The predicted octanol–water partition coefficient (Wildman–Crippen LogP) is 2.03. The largest absolute Gasteiger partial charge is 0.312 e. The molecule has 3 nitrogen and oxygen atoms in total. The minimum Gasteiger partial charge on any atom is -0.312 e. The maximum atomic E-state index is 4.80. The Hall–Kier alpha value is -0.260. The van der Waals surface area contributed by atoms with Gasteiger partial charge in [0.25, 0.3) is 0 Å². The third kappa shape index (κ3) is 2.46.